The quantitative estimate of drug-likeness (QED) is 0.842. The zero-order chi connectivity index (χ0) is 14.4. The summed E-state index contributed by atoms with van der Waals surface area (Å²) in [6, 6.07) is 6.15. The van der Waals surface area contributed by atoms with Crippen LogP contribution in [0.1, 0.15) is 10.4 Å². The summed E-state index contributed by atoms with van der Waals surface area (Å²) in [5.74, 6) is -2.13. The first-order valence-corrected chi connectivity index (χ1v) is 5.75. The second-order valence-electron chi connectivity index (χ2n) is 3.33. The summed E-state index contributed by atoms with van der Waals surface area (Å²) < 4.78 is 24.7. The Kier molecular flexibility index (Phi) is 5.37. The molecular formula is C12H9BrF2N2O2. The van der Waals surface area contributed by atoms with E-state index < -0.39 is 17.6 Å². The van der Waals surface area contributed by atoms with Gasteiger partial charge in [0.1, 0.15) is 23.0 Å². The number of halogens is 3. The van der Waals surface area contributed by atoms with Gasteiger partial charge in [0, 0.05) is 16.7 Å². The summed E-state index contributed by atoms with van der Waals surface area (Å²) in [4.78, 5) is 13.9. The van der Waals surface area contributed by atoms with Gasteiger partial charge in [-0.1, -0.05) is 15.9 Å². The lowest BCUT2D eigenvalue weighted by Gasteiger charge is -1.95. The van der Waals surface area contributed by atoms with Crippen molar-refractivity contribution in [3.8, 4) is 0 Å². The van der Waals surface area contributed by atoms with Gasteiger partial charge in [0.15, 0.2) is 0 Å². The van der Waals surface area contributed by atoms with E-state index in [0.717, 1.165) is 6.07 Å². The lowest BCUT2D eigenvalue weighted by molar-refractivity contribution is 0.0697. The lowest BCUT2D eigenvalue weighted by Crippen LogP contribution is -2.03. The summed E-state index contributed by atoms with van der Waals surface area (Å²) >= 11 is 2.93. The van der Waals surface area contributed by atoms with E-state index in [1.807, 2.05) is 0 Å². The Morgan fingerprint density at radius 2 is 1.84 bits per heavy atom. The number of anilines is 1. The number of pyridine rings is 1. The molecule has 0 unspecified atom stereocenters. The Labute approximate surface area is 116 Å². The molecule has 2 rings (SSSR count). The van der Waals surface area contributed by atoms with E-state index in [4.69, 9.17) is 10.8 Å². The molecule has 7 heteroatoms. The second kappa shape index (κ2) is 6.79. The maximum Gasteiger partial charge on any atom is 0.339 e. The Morgan fingerprint density at radius 1 is 1.26 bits per heavy atom. The third-order valence-corrected chi connectivity index (χ3v) is 2.35. The van der Waals surface area contributed by atoms with Crippen molar-refractivity contribution in [2.75, 3.05) is 5.73 Å². The van der Waals surface area contributed by atoms with Crippen molar-refractivity contribution in [2.45, 2.75) is 0 Å². The van der Waals surface area contributed by atoms with Gasteiger partial charge in [0.25, 0.3) is 0 Å². The molecule has 1 heterocycles. The van der Waals surface area contributed by atoms with Crippen LogP contribution in [0.15, 0.2) is 41.0 Å². The van der Waals surface area contributed by atoms with Crippen molar-refractivity contribution in [3.05, 3.63) is 58.2 Å². The number of rotatable bonds is 1. The normalized spacial score (nSPS) is 9.42. The summed E-state index contributed by atoms with van der Waals surface area (Å²) in [5.41, 5.74) is 5.27. The molecule has 100 valence electrons. The van der Waals surface area contributed by atoms with E-state index >= 15 is 0 Å². The highest BCUT2D eigenvalue weighted by Crippen LogP contribution is 2.12. The third-order valence-electron chi connectivity index (χ3n) is 1.90. The zero-order valence-electron chi connectivity index (χ0n) is 9.48. The molecule has 0 bridgehead atoms. The Balaban J connectivity index is 0.000000191. The number of nitrogens with zero attached hydrogens (tertiary/aromatic N) is 1. The SMILES string of the molecule is Fc1cc(F)cc(Br)c1.Nc1ncccc1C(=O)O. The zero-order valence-corrected chi connectivity index (χ0v) is 11.1. The summed E-state index contributed by atoms with van der Waals surface area (Å²) in [5, 5.41) is 8.45. The highest BCUT2D eigenvalue weighted by Gasteiger charge is 2.05. The predicted octanol–water partition coefficient (Wildman–Crippen LogP) is 3.09. The van der Waals surface area contributed by atoms with Crippen LogP contribution in [-0.2, 0) is 0 Å². The van der Waals surface area contributed by atoms with Gasteiger partial charge in [-0.25, -0.2) is 18.6 Å². The highest BCUT2D eigenvalue weighted by molar-refractivity contribution is 9.10. The smallest absolute Gasteiger partial charge is 0.339 e. The number of carboxylic acid groups (broad SMARTS) is 1. The lowest BCUT2D eigenvalue weighted by atomic mass is 10.3. The highest BCUT2D eigenvalue weighted by atomic mass is 79.9. The van der Waals surface area contributed by atoms with Crippen molar-refractivity contribution in [1.29, 1.82) is 0 Å². The molecule has 0 saturated heterocycles. The predicted molar refractivity (Wildman–Crippen MR) is 69.7 cm³/mol. The van der Waals surface area contributed by atoms with Crippen LogP contribution < -0.4 is 5.73 Å². The van der Waals surface area contributed by atoms with Crippen LogP contribution in [0.4, 0.5) is 14.6 Å². The van der Waals surface area contributed by atoms with E-state index in [9.17, 15) is 13.6 Å². The summed E-state index contributed by atoms with van der Waals surface area (Å²) in [6.07, 6.45) is 1.45. The van der Waals surface area contributed by atoms with Crippen LogP contribution in [0.5, 0.6) is 0 Å². The molecule has 0 saturated carbocycles. The number of aromatic carboxylic acids is 1. The topological polar surface area (TPSA) is 76.2 Å². The molecule has 1 aromatic heterocycles. The molecule has 4 nitrogen and oxygen atoms in total. The molecule has 19 heavy (non-hydrogen) atoms. The number of carboxylic acids is 1. The van der Waals surface area contributed by atoms with Gasteiger partial charge in [-0.2, -0.15) is 0 Å². The number of hydrogen-bond acceptors (Lipinski definition) is 3. The standard InChI is InChI=1S/C6H3BrF2.C6H6N2O2/c7-4-1-5(8)3-6(9)2-4;7-5-4(6(9)10)2-1-3-8-5/h1-3H;1-3H,(H2,7,8)(H,9,10). The molecule has 0 aliphatic carbocycles. The van der Waals surface area contributed by atoms with Gasteiger partial charge in [0.2, 0.25) is 0 Å². The maximum atomic E-state index is 12.2. The Bertz CT molecular complexity index is 543. The van der Waals surface area contributed by atoms with Crippen LogP contribution in [0.3, 0.4) is 0 Å². The molecule has 0 spiro atoms. The first kappa shape index (κ1) is 15.0. The average Bonchev–Trinajstić information content (AvgIpc) is 2.27. The molecule has 0 fully saturated rings. The molecule has 3 N–H and O–H groups in total. The van der Waals surface area contributed by atoms with Crippen LogP contribution in [-0.4, -0.2) is 16.1 Å². The number of nitrogen functional groups attached to an aromatic ring is 1. The maximum absolute atomic E-state index is 12.2. The van der Waals surface area contributed by atoms with Crippen LogP contribution in [0.25, 0.3) is 0 Å². The molecule has 0 aliphatic heterocycles. The monoisotopic (exact) mass is 330 g/mol. The number of aromatic nitrogens is 1. The van der Waals surface area contributed by atoms with Crippen molar-refractivity contribution >= 4 is 27.7 Å². The molecule has 0 radical (unpaired) electrons. The minimum absolute atomic E-state index is 0.0440. The van der Waals surface area contributed by atoms with Gasteiger partial charge in [0.05, 0.1) is 0 Å². The number of nitrogens with two attached hydrogens (primary N) is 1. The first-order chi connectivity index (χ1) is 8.90. The molecule has 0 atom stereocenters. The molecular weight excluding hydrogens is 322 g/mol. The van der Waals surface area contributed by atoms with Gasteiger partial charge >= 0.3 is 5.97 Å². The fraction of sp³-hybridized carbons (Fsp3) is 0. The third kappa shape index (κ3) is 5.01. The Morgan fingerprint density at radius 3 is 2.21 bits per heavy atom. The van der Waals surface area contributed by atoms with Crippen LogP contribution >= 0.6 is 15.9 Å². The molecule has 0 aliphatic rings. The van der Waals surface area contributed by atoms with Gasteiger partial charge in [-0.15, -0.1) is 0 Å². The fourth-order valence-corrected chi connectivity index (χ4v) is 1.56. The first-order valence-electron chi connectivity index (χ1n) is 4.95. The van der Waals surface area contributed by atoms with Gasteiger partial charge < -0.3 is 10.8 Å². The van der Waals surface area contributed by atoms with Crippen molar-refractivity contribution in [2.24, 2.45) is 0 Å². The number of benzene rings is 1. The van der Waals surface area contributed by atoms with E-state index in [1.165, 1.54) is 30.5 Å². The number of hydrogen-bond donors (Lipinski definition) is 2. The minimum atomic E-state index is -1.05. The van der Waals surface area contributed by atoms with E-state index in [0.29, 0.717) is 4.47 Å². The van der Waals surface area contributed by atoms with Crippen molar-refractivity contribution < 1.29 is 18.7 Å². The second-order valence-corrected chi connectivity index (χ2v) is 4.24. The van der Waals surface area contributed by atoms with E-state index in [-0.39, 0.29) is 11.4 Å². The van der Waals surface area contributed by atoms with E-state index in [2.05, 4.69) is 20.9 Å². The number of carbonyl (C=O) groups is 1. The molecule has 1 aromatic carbocycles. The molecule has 2 aromatic rings. The van der Waals surface area contributed by atoms with Crippen molar-refractivity contribution in [1.82, 2.24) is 4.98 Å². The van der Waals surface area contributed by atoms with Gasteiger partial charge in [-0.05, 0) is 24.3 Å². The van der Waals surface area contributed by atoms with Gasteiger partial charge in [-0.3, -0.25) is 0 Å². The van der Waals surface area contributed by atoms with Crippen LogP contribution in [0, 0.1) is 11.6 Å². The van der Waals surface area contributed by atoms with E-state index in [1.54, 1.807) is 0 Å². The molecule has 0 amide bonds. The minimum Gasteiger partial charge on any atom is -0.478 e. The summed E-state index contributed by atoms with van der Waals surface area (Å²) in [7, 11) is 0. The summed E-state index contributed by atoms with van der Waals surface area (Å²) in [6.45, 7) is 0. The fourth-order valence-electron chi connectivity index (χ4n) is 1.12. The average molecular weight is 331 g/mol. The van der Waals surface area contributed by atoms with Crippen LogP contribution in [0.2, 0.25) is 0 Å². The largest absolute Gasteiger partial charge is 0.478 e. The Hall–Kier alpha value is -2.02. The van der Waals surface area contributed by atoms with Crippen molar-refractivity contribution in [3.63, 3.8) is 0 Å².